The standard InChI is InChI=1S/C16H18ClFN2/c1-3-19-15(16-11(2)5-4-8-20-16)9-12-6-7-13(17)10-14(12)18/h4-8,10,15,19H,3,9H2,1-2H3. The average molecular weight is 293 g/mol. The van der Waals surface area contributed by atoms with Crippen molar-refractivity contribution in [3.8, 4) is 0 Å². The number of benzene rings is 1. The maximum absolute atomic E-state index is 13.9. The Hall–Kier alpha value is -1.45. The van der Waals surface area contributed by atoms with E-state index >= 15 is 0 Å². The first-order valence-corrected chi connectivity index (χ1v) is 7.08. The molecule has 1 N–H and O–H groups in total. The number of pyridine rings is 1. The number of hydrogen-bond acceptors (Lipinski definition) is 2. The van der Waals surface area contributed by atoms with Crippen LogP contribution < -0.4 is 5.32 Å². The van der Waals surface area contributed by atoms with Gasteiger partial charge in [0, 0.05) is 11.2 Å². The van der Waals surface area contributed by atoms with E-state index in [0.29, 0.717) is 17.0 Å². The Morgan fingerprint density at radius 2 is 2.15 bits per heavy atom. The average Bonchev–Trinajstić information content (AvgIpc) is 2.42. The van der Waals surface area contributed by atoms with Crippen molar-refractivity contribution in [1.29, 1.82) is 0 Å². The summed E-state index contributed by atoms with van der Waals surface area (Å²) in [6, 6.07) is 8.73. The molecule has 1 aromatic carbocycles. The van der Waals surface area contributed by atoms with E-state index in [-0.39, 0.29) is 11.9 Å². The normalized spacial score (nSPS) is 12.4. The lowest BCUT2D eigenvalue weighted by molar-refractivity contribution is 0.515. The monoisotopic (exact) mass is 292 g/mol. The minimum Gasteiger partial charge on any atom is -0.309 e. The molecule has 4 heteroatoms. The molecule has 2 aromatic rings. The molecule has 0 saturated carbocycles. The van der Waals surface area contributed by atoms with Crippen molar-refractivity contribution in [2.75, 3.05) is 6.54 Å². The van der Waals surface area contributed by atoms with Crippen LogP contribution in [0.25, 0.3) is 0 Å². The van der Waals surface area contributed by atoms with E-state index in [4.69, 9.17) is 11.6 Å². The van der Waals surface area contributed by atoms with Gasteiger partial charge in [-0.1, -0.05) is 30.7 Å². The van der Waals surface area contributed by atoms with Crippen molar-refractivity contribution in [3.63, 3.8) is 0 Å². The molecule has 1 unspecified atom stereocenters. The minimum absolute atomic E-state index is 0.00289. The van der Waals surface area contributed by atoms with E-state index < -0.39 is 0 Å². The molecule has 0 bridgehead atoms. The zero-order valence-corrected chi connectivity index (χ0v) is 12.4. The van der Waals surface area contributed by atoms with Crippen molar-refractivity contribution >= 4 is 11.6 Å². The predicted octanol–water partition coefficient (Wildman–Crippen LogP) is 4.08. The molecule has 1 aromatic heterocycles. The number of likely N-dealkylation sites (N-methyl/N-ethyl adjacent to an activating group) is 1. The van der Waals surface area contributed by atoms with Crippen LogP contribution in [0.4, 0.5) is 4.39 Å². The molecule has 0 aliphatic rings. The molecule has 0 aliphatic heterocycles. The number of aryl methyl sites for hydroxylation is 1. The smallest absolute Gasteiger partial charge is 0.127 e. The summed E-state index contributed by atoms with van der Waals surface area (Å²) < 4.78 is 13.9. The summed E-state index contributed by atoms with van der Waals surface area (Å²) in [5.74, 6) is -0.269. The summed E-state index contributed by atoms with van der Waals surface area (Å²) in [4.78, 5) is 4.43. The Balaban J connectivity index is 2.28. The van der Waals surface area contributed by atoms with Crippen LogP contribution in [0, 0.1) is 12.7 Å². The Kier molecular flexibility index (Phi) is 5.10. The van der Waals surface area contributed by atoms with Crippen LogP contribution >= 0.6 is 11.6 Å². The second-order valence-corrected chi connectivity index (χ2v) is 5.19. The second-order valence-electron chi connectivity index (χ2n) is 4.76. The summed E-state index contributed by atoms with van der Waals surface area (Å²) in [7, 11) is 0. The minimum atomic E-state index is -0.269. The molecule has 0 amide bonds. The van der Waals surface area contributed by atoms with Gasteiger partial charge in [-0.25, -0.2) is 4.39 Å². The highest BCUT2D eigenvalue weighted by Gasteiger charge is 2.16. The van der Waals surface area contributed by atoms with Gasteiger partial charge in [0.2, 0.25) is 0 Å². The summed E-state index contributed by atoms with van der Waals surface area (Å²) in [5, 5.41) is 3.78. The fourth-order valence-electron chi connectivity index (χ4n) is 2.28. The number of nitrogens with one attached hydrogen (secondary N) is 1. The molecule has 0 fully saturated rings. The van der Waals surface area contributed by atoms with Gasteiger partial charge in [-0.3, -0.25) is 4.98 Å². The number of halogens is 2. The van der Waals surface area contributed by atoms with E-state index in [0.717, 1.165) is 17.8 Å². The molecule has 0 saturated heterocycles. The fourth-order valence-corrected chi connectivity index (χ4v) is 2.44. The zero-order chi connectivity index (χ0) is 14.5. The highest BCUT2D eigenvalue weighted by molar-refractivity contribution is 6.30. The number of aromatic nitrogens is 1. The molecule has 2 rings (SSSR count). The van der Waals surface area contributed by atoms with Gasteiger partial charge < -0.3 is 5.32 Å². The predicted molar refractivity (Wildman–Crippen MR) is 80.5 cm³/mol. The SMILES string of the molecule is CCNC(Cc1ccc(Cl)cc1F)c1ncccc1C. The van der Waals surface area contributed by atoms with Crippen molar-refractivity contribution in [1.82, 2.24) is 10.3 Å². The molecule has 2 nitrogen and oxygen atoms in total. The summed E-state index contributed by atoms with van der Waals surface area (Å²) in [6.07, 6.45) is 2.32. The molecule has 1 atom stereocenters. The van der Waals surface area contributed by atoms with Crippen molar-refractivity contribution in [2.45, 2.75) is 26.3 Å². The van der Waals surface area contributed by atoms with Gasteiger partial charge in [0.25, 0.3) is 0 Å². The van der Waals surface area contributed by atoms with Gasteiger partial charge >= 0.3 is 0 Å². The van der Waals surface area contributed by atoms with E-state index in [1.807, 2.05) is 26.0 Å². The first-order valence-electron chi connectivity index (χ1n) is 6.70. The molecule has 20 heavy (non-hydrogen) atoms. The third-order valence-corrected chi connectivity index (χ3v) is 3.50. The lowest BCUT2D eigenvalue weighted by Gasteiger charge is -2.19. The zero-order valence-electron chi connectivity index (χ0n) is 11.7. The lowest BCUT2D eigenvalue weighted by Crippen LogP contribution is -2.25. The molecule has 0 aliphatic carbocycles. The molecular formula is C16H18ClFN2. The van der Waals surface area contributed by atoms with Crippen molar-refractivity contribution in [3.05, 3.63) is 64.2 Å². The molecule has 106 valence electrons. The fraction of sp³-hybridized carbons (Fsp3) is 0.312. The molecule has 1 heterocycles. The van der Waals surface area contributed by atoms with E-state index in [1.165, 1.54) is 6.07 Å². The maximum atomic E-state index is 13.9. The first-order chi connectivity index (χ1) is 9.61. The third kappa shape index (κ3) is 3.56. The number of hydrogen-bond donors (Lipinski definition) is 1. The van der Waals surface area contributed by atoms with Gasteiger partial charge in [-0.05, 0) is 49.2 Å². The van der Waals surface area contributed by atoms with Crippen LogP contribution in [0.1, 0.15) is 29.8 Å². The molecular weight excluding hydrogens is 275 g/mol. The van der Waals surface area contributed by atoms with Crippen LogP contribution in [-0.2, 0) is 6.42 Å². The topological polar surface area (TPSA) is 24.9 Å². The quantitative estimate of drug-likeness (QED) is 0.898. The van der Waals surface area contributed by atoms with Gasteiger partial charge in [0.15, 0.2) is 0 Å². The Morgan fingerprint density at radius 3 is 2.80 bits per heavy atom. The van der Waals surface area contributed by atoms with Gasteiger partial charge in [0.05, 0.1) is 11.7 Å². The highest BCUT2D eigenvalue weighted by Crippen LogP contribution is 2.23. The van der Waals surface area contributed by atoms with E-state index in [1.54, 1.807) is 18.3 Å². The highest BCUT2D eigenvalue weighted by atomic mass is 35.5. The van der Waals surface area contributed by atoms with Crippen LogP contribution in [0.5, 0.6) is 0 Å². The molecule has 0 spiro atoms. The van der Waals surface area contributed by atoms with Crippen LogP contribution in [0.2, 0.25) is 5.02 Å². The van der Waals surface area contributed by atoms with E-state index in [2.05, 4.69) is 10.3 Å². The third-order valence-electron chi connectivity index (χ3n) is 3.27. The van der Waals surface area contributed by atoms with Gasteiger partial charge in [-0.2, -0.15) is 0 Å². The Labute approximate surface area is 124 Å². The summed E-state index contributed by atoms with van der Waals surface area (Å²) in [6.45, 7) is 4.85. The molecule has 0 radical (unpaired) electrons. The van der Waals surface area contributed by atoms with Crippen LogP contribution in [0.15, 0.2) is 36.5 Å². The van der Waals surface area contributed by atoms with Crippen molar-refractivity contribution < 1.29 is 4.39 Å². The second kappa shape index (κ2) is 6.82. The number of rotatable bonds is 5. The Bertz CT molecular complexity index is 586. The first kappa shape index (κ1) is 14.9. The largest absolute Gasteiger partial charge is 0.309 e. The van der Waals surface area contributed by atoms with Gasteiger partial charge in [0.1, 0.15) is 5.82 Å². The van der Waals surface area contributed by atoms with Crippen LogP contribution in [-0.4, -0.2) is 11.5 Å². The van der Waals surface area contributed by atoms with E-state index in [9.17, 15) is 4.39 Å². The summed E-state index contributed by atoms with van der Waals surface area (Å²) >= 11 is 5.79. The summed E-state index contributed by atoms with van der Waals surface area (Å²) in [5.41, 5.74) is 2.71. The van der Waals surface area contributed by atoms with Crippen LogP contribution in [0.3, 0.4) is 0 Å². The maximum Gasteiger partial charge on any atom is 0.127 e. The Morgan fingerprint density at radius 1 is 1.35 bits per heavy atom. The number of nitrogens with zero attached hydrogens (tertiary/aromatic N) is 1. The van der Waals surface area contributed by atoms with Gasteiger partial charge in [-0.15, -0.1) is 0 Å². The van der Waals surface area contributed by atoms with Crippen molar-refractivity contribution in [2.24, 2.45) is 0 Å². The lowest BCUT2D eigenvalue weighted by atomic mass is 9.99.